The van der Waals surface area contributed by atoms with E-state index < -0.39 is 12.5 Å². The highest BCUT2D eigenvalue weighted by molar-refractivity contribution is 6.42. The van der Waals surface area contributed by atoms with E-state index in [-0.39, 0.29) is 5.69 Å². The van der Waals surface area contributed by atoms with Crippen LogP contribution in [0.5, 0.6) is 0 Å². The molecule has 1 amide bonds. The highest BCUT2D eigenvalue weighted by Crippen LogP contribution is 2.23. The zero-order valence-corrected chi connectivity index (χ0v) is 14.7. The lowest BCUT2D eigenvalue weighted by Gasteiger charge is -2.34. The lowest BCUT2D eigenvalue weighted by Crippen LogP contribution is -2.48. The fourth-order valence-electron chi connectivity index (χ4n) is 2.81. The van der Waals surface area contributed by atoms with E-state index in [1.165, 1.54) is 12.3 Å². The van der Waals surface area contributed by atoms with E-state index in [1.807, 2.05) is 12.1 Å². The Balaban J connectivity index is 1.59. The monoisotopic (exact) mass is 388 g/mol. The Morgan fingerprint density at radius 3 is 2.48 bits per heavy atom. The van der Waals surface area contributed by atoms with Crippen molar-refractivity contribution in [1.29, 1.82) is 0 Å². The van der Waals surface area contributed by atoms with Crippen molar-refractivity contribution in [3.05, 3.63) is 51.8 Å². The van der Waals surface area contributed by atoms with Gasteiger partial charge in [0.15, 0.2) is 0 Å². The van der Waals surface area contributed by atoms with Gasteiger partial charge in [-0.05, 0) is 23.8 Å². The van der Waals surface area contributed by atoms with Gasteiger partial charge < -0.3 is 4.90 Å². The van der Waals surface area contributed by atoms with E-state index in [4.69, 9.17) is 23.2 Å². The number of piperazine rings is 1. The molecule has 0 spiro atoms. The van der Waals surface area contributed by atoms with Crippen molar-refractivity contribution in [2.75, 3.05) is 26.2 Å². The van der Waals surface area contributed by atoms with Crippen molar-refractivity contribution in [2.45, 2.75) is 13.1 Å². The van der Waals surface area contributed by atoms with Gasteiger partial charge in [-0.25, -0.2) is 0 Å². The summed E-state index contributed by atoms with van der Waals surface area (Å²) in [5.74, 6) is -0.424. The first kappa shape index (κ1) is 18.1. The molecule has 1 aromatic heterocycles. The van der Waals surface area contributed by atoms with Gasteiger partial charge in [-0.15, -0.1) is 0 Å². The van der Waals surface area contributed by atoms with Gasteiger partial charge in [-0.3, -0.25) is 9.69 Å². The Kier molecular flexibility index (Phi) is 5.56. The first-order chi connectivity index (χ1) is 12.0. The average Bonchev–Trinajstić information content (AvgIpc) is 3.08. The second kappa shape index (κ2) is 7.68. The van der Waals surface area contributed by atoms with Crippen molar-refractivity contribution >= 4 is 29.1 Å². The number of carbonyl (C=O) groups is 1. The number of halogens is 4. The van der Waals surface area contributed by atoms with Crippen molar-refractivity contribution in [2.24, 2.45) is 0 Å². The molecule has 0 radical (unpaired) electrons. The summed E-state index contributed by atoms with van der Waals surface area (Å²) in [5, 5.41) is 4.52. The van der Waals surface area contributed by atoms with Crippen LogP contribution in [0.3, 0.4) is 0 Å². The summed E-state index contributed by atoms with van der Waals surface area (Å²) in [7, 11) is 0. The standard InChI is InChI=1S/C16H16Cl2F2N4O/c17-12-2-1-11(9-13(12)18)10-22-5-7-23(8-6-22)15(25)14-3-4-21-24(14)16(19)20/h1-4,9,16H,5-8,10H2. The molecule has 0 aliphatic carbocycles. The van der Waals surface area contributed by atoms with E-state index >= 15 is 0 Å². The molecule has 0 saturated carbocycles. The molecule has 0 unspecified atom stereocenters. The van der Waals surface area contributed by atoms with Crippen LogP contribution in [0.1, 0.15) is 22.6 Å². The van der Waals surface area contributed by atoms with Gasteiger partial charge in [0.2, 0.25) is 0 Å². The van der Waals surface area contributed by atoms with Crippen LogP contribution in [0, 0.1) is 0 Å². The van der Waals surface area contributed by atoms with Gasteiger partial charge in [-0.1, -0.05) is 29.3 Å². The van der Waals surface area contributed by atoms with Crippen LogP contribution in [-0.4, -0.2) is 51.7 Å². The van der Waals surface area contributed by atoms with Crippen LogP contribution in [0.4, 0.5) is 8.78 Å². The molecule has 25 heavy (non-hydrogen) atoms. The molecule has 3 rings (SSSR count). The minimum absolute atomic E-state index is 0.0899. The first-order valence-electron chi connectivity index (χ1n) is 7.73. The van der Waals surface area contributed by atoms with E-state index in [1.54, 1.807) is 11.0 Å². The summed E-state index contributed by atoms with van der Waals surface area (Å²) in [4.78, 5) is 16.2. The normalized spacial score (nSPS) is 15.8. The molecular weight excluding hydrogens is 373 g/mol. The van der Waals surface area contributed by atoms with Gasteiger partial charge >= 0.3 is 6.55 Å². The Hall–Kier alpha value is -1.70. The Morgan fingerprint density at radius 1 is 1.12 bits per heavy atom. The third kappa shape index (κ3) is 4.11. The SMILES string of the molecule is O=C(c1ccnn1C(F)F)N1CCN(Cc2ccc(Cl)c(Cl)c2)CC1. The molecule has 0 atom stereocenters. The van der Waals surface area contributed by atoms with Crippen molar-refractivity contribution < 1.29 is 13.6 Å². The summed E-state index contributed by atoms with van der Waals surface area (Å²) in [6.07, 6.45) is 1.21. The summed E-state index contributed by atoms with van der Waals surface area (Å²) in [6.45, 7) is 0.0885. The summed E-state index contributed by atoms with van der Waals surface area (Å²) >= 11 is 11.9. The van der Waals surface area contributed by atoms with Crippen molar-refractivity contribution in [3.8, 4) is 0 Å². The fourth-order valence-corrected chi connectivity index (χ4v) is 3.13. The minimum atomic E-state index is -2.83. The molecule has 1 saturated heterocycles. The topological polar surface area (TPSA) is 41.4 Å². The zero-order chi connectivity index (χ0) is 18.0. The predicted octanol–water partition coefficient (Wildman–Crippen LogP) is 3.54. The molecule has 0 N–H and O–H groups in total. The summed E-state index contributed by atoms with van der Waals surface area (Å²) in [5.41, 5.74) is 0.942. The molecule has 5 nitrogen and oxygen atoms in total. The van der Waals surface area contributed by atoms with Gasteiger partial charge in [-0.2, -0.15) is 18.6 Å². The second-order valence-corrected chi connectivity index (χ2v) is 6.57. The van der Waals surface area contributed by atoms with Gasteiger partial charge in [0.1, 0.15) is 5.69 Å². The quantitative estimate of drug-likeness (QED) is 0.804. The lowest BCUT2D eigenvalue weighted by atomic mass is 10.2. The highest BCUT2D eigenvalue weighted by Gasteiger charge is 2.26. The van der Waals surface area contributed by atoms with Crippen LogP contribution < -0.4 is 0 Å². The molecule has 9 heteroatoms. The van der Waals surface area contributed by atoms with E-state index in [0.29, 0.717) is 47.5 Å². The van der Waals surface area contributed by atoms with Crippen LogP contribution in [0.25, 0.3) is 0 Å². The minimum Gasteiger partial charge on any atom is -0.335 e. The molecule has 1 aliphatic heterocycles. The summed E-state index contributed by atoms with van der Waals surface area (Å²) < 4.78 is 26.2. The Bertz CT molecular complexity index is 760. The number of rotatable bonds is 4. The number of amides is 1. The van der Waals surface area contributed by atoms with E-state index in [9.17, 15) is 13.6 Å². The number of benzene rings is 1. The van der Waals surface area contributed by atoms with Crippen LogP contribution in [0.2, 0.25) is 10.0 Å². The van der Waals surface area contributed by atoms with Crippen LogP contribution in [-0.2, 0) is 6.54 Å². The van der Waals surface area contributed by atoms with Gasteiger partial charge in [0.25, 0.3) is 5.91 Å². The van der Waals surface area contributed by atoms with E-state index in [0.717, 1.165) is 5.56 Å². The lowest BCUT2D eigenvalue weighted by molar-refractivity contribution is 0.0424. The number of aromatic nitrogens is 2. The number of nitrogens with zero attached hydrogens (tertiary/aromatic N) is 4. The van der Waals surface area contributed by atoms with Crippen molar-refractivity contribution in [3.63, 3.8) is 0 Å². The van der Waals surface area contributed by atoms with E-state index in [2.05, 4.69) is 10.00 Å². The third-order valence-corrected chi connectivity index (χ3v) is 4.86. The molecule has 2 aromatic rings. The fraction of sp³-hybridized carbons (Fsp3) is 0.375. The van der Waals surface area contributed by atoms with Gasteiger partial charge in [0, 0.05) is 38.9 Å². The zero-order valence-electron chi connectivity index (χ0n) is 13.2. The molecule has 0 bridgehead atoms. The number of alkyl halides is 2. The van der Waals surface area contributed by atoms with Gasteiger partial charge in [0.05, 0.1) is 10.0 Å². The second-order valence-electron chi connectivity index (χ2n) is 5.76. The first-order valence-corrected chi connectivity index (χ1v) is 8.48. The Morgan fingerprint density at radius 2 is 1.84 bits per heavy atom. The largest absolute Gasteiger partial charge is 0.335 e. The molecular formula is C16H16Cl2F2N4O. The average molecular weight is 389 g/mol. The molecule has 1 aliphatic rings. The predicted molar refractivity (Wildman–Crippen MR) is 91.1 cm³/mol. The van der Waals surface area contributed by atoms with Crippen LogP contribution >= 0.6 is 23.2 Å². The van der Waals surface area contributed by atoms with Crippen LogP contribution in [0.15, 0.2) is 30.5 Å². The number of hydrogen-bond acceptors (Lipinski definition) is 3. The van der Waals surface area contributed by atoms with Crippen molar-refractivity contribution in [1.82, 2.24) is 19.6 Å². The molecule has 134 valence electrons. The maximum Gasteiger partial charge on any atom is 0.333 e. The third-order valence-electron chi connectivity index (χ3n) is 4.12. The number of hydrogen-bond donors (Lipinski definition) is 0. The smallest absolute Gasteiger partial charge is 0.333 e. The maximum atomic E-state index is 12.9. The highest BCUT2D eigenvalue weighted by atomic mass is 35.5. The summed E-state index contributed by atoms with van der Waals surface area (Å²) in [6, 6.07) is 6.80. The molecule has 1 fully saturated rings. The number of carbonyl (C=O) groups excluding carboxylic acids is 1. The molecule has 1 aromatic carbocycles. The molecule has 2 heterocycles. The Labute approximate surface area is 153 Å². The maximum absolute atomic E-state index is 12.9.